The lowest BCUT2D eigenvalue weighted by Crippen LogP contribution is -2.38. The lowest BCUT2D eigenvalue weighted by molar-refractivity contribution is 0.0543. The lowest BCUT2D eigenvalue weighted by Gasteiger charge is -2.20. The molecule has 0 radical (unpaired) electrons. The molecule has 1 aromatic carbocycles. The molecule has 0 spiro atoms. The monoisotopic (exact) mass is 317 g/mol. The van der Waals surface area contributed by atoms with E-state index in [-0.39, 0.29) is 6.29 Å². The quantitative estimate of drug-likeness (QED) is 0.786. The third-order valence-electron chi connectivity index (χ3n) is 3.68. The van der Waals surface area contributed by atoms with Gasteiger partial charge in [0.2, 0.25) is 0 Å². The summed E-state index contributed by atoms with van der Waals surface area (Å²) >= 11 is 0. The standard InChI is InChI=1S/C16H23N5O2/c1-10-11(20-14-17-7-8-18-14)5-6-12-13(10)19-9-21(12)15(22)23-16(2,3)4/h5-6,9,14,17-18,20H,7-8H2,1-4H3. The predicted octanol–water partition coefficient (Wildman–Crippen LogP) is 2.02. The van der Waals surface area contributed by atoms with E-state index in [0.29, 0.717) is 0 Å². The molecule has 0 saturated carbocycles. The van der Waals surface area contributed by atoms with Crippen LogP contribution in [0.4, 0.5) is 10.5 Å². The van der Waals surface area contributed by atoms with E-state index < -0.39 is 11.7 Å². The van der Waals surface area contributed by atoms with Crippen molar-refractivity contribution in [1.29, 1.82) is 0 Å². The number of anilines is 1. The maximum atomic E-state index is 12.3. The molecule has 0 atom stereocenters. The zero-order chi connectivity index (χ0) is 16.6. The van der Waals surface area contributed by atoms with E-state index in [4.69, 9.17) is 4.74 Å². The van der Waals surface area contributed by atoms with Gasteiger partial charge in [-0.05, 0) is 39.8 Å². The Morgan fingerprint density at radius 3 is 2.70 bits per heavy atom. The first-order valence-corrected chi connectivity index (χ1v) is 7.78. The molecule has 1 aliphatic heterocycles. The van der Waals surface area contributed by atoms with E-state index in [2.05, 4.69) is 20.9 Å². The number of fused-ring (bicyclic) bond motifs is 1. The van der Waals surface area contributed by atoms with Crippen LogP contribution in [0.1, 0.15) is 26.3 Å². The summed E-state index contributed by atoms with van der Waals surface area (Å²) in [4.78, 5) is 16.7. The van der Waals surface area contributed by atoms with Gasteiger partial charge in [-0.3, -0.25) is 10.6 Å². The molecule has 3 N–H and O–H groups in total. The summed E-state index contributed by atoms with van der Waals surface area (Å²) < 4.78 is 6.86. The number of benzene rings is 1. The summed E-state index contributed by atoms with van der Waals surface area (Å²) in [5.41, 5.74) is 2.98. The largest absolute Gasteiger partial charge is 0.443 e. The number of aromatic nitrogens is 2. The van der Waals surface area contributed by atoms with E-state index in [1.165, 1.54) is 10.9 Å². The molecule has 23 heavy (non-hydrogen) atoms. The van der Waals surface area contributed by atoms with Crippen molar-refractivity contribution in [3.63, 3.8) is 0 Å². The van der Waals surface area contributed by atoms with Gasteiger partial charge in [0.05, 0.1) is 11.0 Å². The average molecular weight is 317 g/mol. The van der Waals surface area contributed by atoms with Crippen LogP contribution in [0.5, 0.6) is 0 Å². The molecule has 124 valence electrons. The Kier molecular flexibility index (Phi) is 3.99. The van der Waals surface area contributed by atoms with Crippen LogP contribution in [0, 0.1) is 6.92 Å². The Balaban J connectivity index is 1.89. The van der Waals surface area contributed by atoms with Crippen molar-refractivity contribution < 1.29 is 9.53 Å². The molecule has 0 aliphatic carbocycles. The third kappa shape index (κ3) is 3.30. The van der Waals surface area contributed by atoms with Gasteiger partial charge in [-0.1, -0.05) is 0 Å². The molecule has 7 heteroatoms. The van der Waals surface area contributed by atoms with E-state index in [1.54, 1.807) is 0 Å². The smallest absolute Gasteiger partial charge is 0.420 e. The number of carbonyl (C=O) groups is 1. The molecule has 0 amide bonds. The van der Waals surface area contributed by atoms with Crippen LogP contribution in [0.15, 0.2) is 18.5 Å². The van der Waals surface area contributed by atoms with E-state index in [1.807, 2.05) is 39.8 Å². The first-order chi connectivity index (χ1) is 10.8. The topological polar surface area (TPSA) is 80.2 Å². The summed E-state index contributed by atoms with van der Waals surface area (Å²) in [5, 5.41) is 10.0. The second kappa shape index (κ2) is 5.82. The van der Waals surface area contributed by atoms with Crippen molar-refractivity contribution in [2.24, 2.45) is 0 Å². The second-order valence-electron chi connectivity index (χ2n) is 6.69. The molecule has 0 unspecified atom stereocenters. The fourth-order valence-corrected chi connectivity index (χ4v) is 2.60. The van der Waals surface area contributed by atoms with Crippen LogP contribution in [-0.2, 0) is 4.74 Å². The maximum absolute atomic E-state index is 12.3. The Morgan fingerprint density at radius 1 is 1.35 bits per heavy atom. The van der Waals surface area contributed by atoms with Gasteiger partial charge in [0.1, 0.15) is 18.2 Å². The summed E-state index contributed by atoms with van der Waals surface area (Å²) in [7, 11) is 0. The molecule has 3 rings (SSSR count). The van der Waals surface area contributed by atoms with Crippen molar-refractivity contribution in [3.8, 4) is 0 Å². The average Bonchev–Trinajstić information content (AvgIpc) is 3.09. The molecular weight excluding hydrogens is 294 g/mol. The zero-order valence-corrected chi connectivity index (χ0v) is 13.9. The highest BCUT2D eigenvalue weighted by molar-refractivity contribution is 5.91. The maximum Gasteiger partial charge on any atom is 0.420 e. The van der Waals surface area contributed by atoms with Crippen LogP contribution >= 0.6 is 0 Å². The number of nitrogens with zero attached hydrogens (tertiary/aromatic N) is 2. The molecular formula is C16H23N5O2. The molecule has 7 nitrogen and oxygen atoms in total. The Labute approximate surface area is 135 Å². The molecule has 2 heterocycles. The fraction of sp³-hybridized carbons (Fsp3) is 0.500. The number of imidazole rings is 1. The van der Waals surface area contributed by atoms with Gasteiger partial charge in [0.15, 0.2) is 0 Å². The minimum absolute atomic E-state index is 0.0547. The van der Waals surface area contributed by atoms with Crippen molar-refractivity contribution in [1.82, 2.24) is 20.2 Å². The van der Waals surface area contributed by atoms with Crippen LogP contribution in [-0.4, -0.2) is 40.6 Å². The Morgan fingerprint density at radius 2 is 2.04 bits per heavy atom. The normalized spacial score (nSPS) is 16.0. The number of aryl methyl sites for hydroxylation is 1. The van der Waals surface area contributed by atoms with Crippen molar-refractivity contribution in [2.75, 3.05) is 18.4 Å². The fourth-order valence-electron chi connectivity index (χ4n) is 2.60. The SMILES string of the molecule is Cc1c(NC2NCCN2)ccc2c1ncn2C(=O)OC(C)(C)C. The number of nitrogens with one attached hydrogen (secondary N) is 3. The van der Waals surface area contributed by atoms with Crippen LogP contribution in [0.25, 0.3) is 11.0 Å². The number of rotatable bonds is 2. The van der Waals surface area contributed by atoms with Gasteiger partial charge in [0.25, 0.3) is 0 Å². The third-order valence-corrected chi connectivity index (χ3v) is 3.68. The zero-order valence-electron chi connectivity index (χ0n) is 13.9. The highest BCUT2D eigenvalue weighted by atomic mass is 16.6. The summed E-state index contributed by atoms with van der Waals surface area (Å²) in [6.07, 6.45) is 1.15. The van der Waals surface area contributed by atoms with Crippen LogP contribution in [0.2, 0.25) is 0 Å². The molecule has 0 bridgehead atoms. The van der Waals surface area contributed by atoms with E-state index in [0.717, 1.165) is 35.4 Å². The van der Waals surface area contributed by atoms with Crippen LogP contribution < -0.4 is 16.0 Å². The first kappa shape index (κ1) is 15.8. The molecule has 1 aromatic heterocycles. The minimum Gasteiger partial charge on any atom is -0.443 e. The Bertz CT molecular complexity index is 726. The van der Waals surface area contributed by atoms with Gasteiger partial charge < -0.3 is 10.1 Å². The van der Waals surface area contributed by atoms with Crippen LogP contribution in [0.3, 0.4) is 0 Å². The van der Waals surface area contributed by atoms with Crippen molar-refractivity contribution in [2.45, 2.75) is 39.6 Å². The number of carbonyl (C=O) groups excluding carboxylic acids is 1. The summed E-state index contributed by atoms with van der Waals surface area (Å²) in [6, 6.07) is 3.85. The molecule has 1 aliphatic rings. The predicted molar refractivity (Wildman–Crippen MR) is 89.5 cm³/mol. The van der Waals surface area contributed by atoms with Gasteiger partial charge in [0, 0.05) is 24.3 Å². The van der Waals surface area contributed by atoms with E-state index >= 15 is 0 Å². The van der Waals surface area contributed by atoms with E-state index in [9.17, 15) is 4.79 Å². The van der Waals surface area contributed by atoms with Gasteiger partial charge in [-0.25, -0.2) is 14.3 Å². The second-order valence-corrected chi connectivity index (χ2v) is 6.69. The van der Waals surface area contributed by atoms with Gasteiger partial charge in [-0.2, -0.15) is 0 Å². The van der Waals surface area contributed by atoms with Gasteiger partial charge in [-0.15, -0.1) is 0 Å². The molecule has 2 aromatic rings. The first-order valence-electron chi connectivity index (χ1n) is 7.78. The van der Waals surface area contributed by atoms with Gasteiger partial charge >= 0.3 is 6.09 Å². The highest BCUT2D eigenvalue weighted by Gasteiger charge is 2.21. The van der Waals surface area contributed by atoms with Crippen molar-refractivity contribution in [3.05, 3.63) is 24.0 Å². The number of hydrogen-bond donors (Lipinski definition) is 3. The lowest BCUT2D eigenvalue weighted by atomic mass is 10.1. The van der Waals surface area contributed by atoms with Crippen molar-refractivity contribution >= 4 is 22.8 Å². The molecule has 1 saturated heterocycles. The highest BCUT2D eigenvalue weighted by Crippen LogP contribution is 2.25. The number of ether oxygens (including phenoxy) is 1. The minimum atomic E-state index is -0.538. The summed E-state index contributed by atoms with van der Waals surface area (Å²) in [5.74, 6) is 0. The number of hydrogen-bond acceptors (Lipinski definition) is 6. The molecule has 1 fully saturated rings. The Hall–Kier alpha value is -2.12. The summed E-state index contributed by atoms with van der Waals surface area (Å²) in [6.45, 7) is 9.40.